The second-order valence-corrected chi connectivity index (χ2v) is 13.8. The van der Waals surface area contributed by atoms with Gasteiger partial charge in [-0.05, 0) is 50.5 Å². The second kappa shape index (κ2) is 13.9. The number of amides is 1. The molecule has 0 saturated heterocycles. The van der Waals surface area contributed by atoms with Gasteiger partial charge in [-0.2, -0.15) is 0 Å². The lowest BCUT2D eigenvalue weighted by Gasteiger charge is -2.25. The smallest absolute Gasteiger partial charge is 0.296 e. The number of thioether (sulfide) groups is 1. The average molecular weight is 651 g/mol. The molecule has 0 fully saturated rings. The minimum absolute atomic E-state index is 0.0375. The third kappa shape index (κ3) is 6.67. The number of aliphatic hydroxyl groups excluding tert-OH is 1. The number of carbonyl (C=O) groups excluding carboxylic acids is 2. The molecule has 2 aromatic carbocycles. The van der Waals surface area contributed by atoms with Gasteiger partial charge in [0.05, 0.1) is 40.9 Å². The second-order valence-electron chi connectivity index (χ2n) is 10.4. The fourth-order valence-electron chi connectivity index (χ4n) is 4.91. The molecule has 1 atom stereocenters. The van der Waals surface area contributed by atoms with Crippen LogP contribution in [0.4, 0.5) is 5.13 Å². The van der Waals surface area contributed by atoms with Crippen LogP contribution in [0.5, 0.6) is 11.5 Å². The van der Waals surface area contributed by atoms with Crippen LogP contribution in [0.3, 0.4) is 0 Å². The van der Waals surface area contributed by atoms with Crippen molar-refractivity contribution in [2.24, 2.45) is 0 Å². The number of ether oxygens (including phenoxy) is 2. The summed E-state index contributed by atoms with van der Waals surface area (Å²) < 4.78 is 12.3. The third-order valence-corrected chi connectivity index (χ3v) is 10.4. The number of aryl methyl sites for hydroxylation is 3. The van der Waals surface area contributed by atoms with Gasteiger partial charge in [-0.3, -0.25) is 14.5 Å². The zero-order valence-electron chi connectivity index (χ0n) is 25.2. The highest BCUT2D eigenvalue weighted by Crippen LogP contribution is 2.46. The number of methoxy groups -OCH3 is 1. The van der Waals surface area contributed by atoms with E-state index < -0.39 is 23.5 Å². The van der Waals surface area contributed by atoms with E-state index in [0.29, 0.717) is 49.3 Å². The maximum absolute atomic E-state index is 14.0. The number of hydrogen-bond donors (Lipinski definition) is 1. The number of anilines is 1. The molecular weight excluding hydrogens is 617 g/mol. The molecule has 2 aromatic heterocycles. The van der Waals surface area contributed by atoms with Crippen LogP contribution in [0.15, 0.2) is 58.1 Å². The molecule has 1 aliphatic rings. The van der Waals surface area contributed by atoms with E-state index in [1.54, 1.807) is 32.2 Å². The number of rotatable bonds is 13. The molecule has 4 aromatic rings. The van der Waals surface area contributed by atoms with Gasteiger partial charge in [-0.15, -0.1) is 21.5 Å². The van der Waals surface area contributed by atoms with Crippen molar-refractivity contribution < 1.29 is 24.2 Å². The quantitative estimate of drug-likeness (QED) is 0.0677. The van der Waals surface area contributed by atoms with Gasteiger partial charge in [-0.25, -0.2) is 4.98 Å². The van der Waals surface area contributed by atoms with Crippen molar-refractivity contribution in [3.05, 3.63) is 86.1 Å². The average Bonchev–Trinajstić information content (AvgIpc) is 3.70. The Labute approximate surface area is 269 Å². The summed E-state index contributed by atoms with van der Waals surface area (Å²) in [6.45, 7) is 8.27. The van der Waals surface area contributed by atoms with Crippen LogP contribution in [0.25, 0.3) is 0 Å². The molecule has 0 radical (unpaired) electrons. The number of Topliss-reactive ketones (excluding diaryl/α,β-unsaturated/α-hetero) is 1. The van der Waals surface area contributed by atoms with E-state index in [1.165, 1.54) is 44.9 Å². The Balaban J connectivity index is 1.51. The predicted octanol–water partition coefficient (Wildman–Crippen LogP) is 7.57. The molecule has 0 aliphatic carbocycles. The lowest BCUT2D eigenvalue weighted by atomic mass is 9.95. The van der Waals surface area contributed by atoms with Gasteiger partial charge in [0, 0.05) is 5.75 Å². The van der Waals surface area contributed by atoms with Crippen molar-refractivity contribution in [3.8, 4) is 11.5 Å². The van der Waals surface area contributed by atoms with Gasteiger partial charge in [0.25, 0.3) is 5.91 Å². The third-order valence-electron chi connectivity index (χ3n) is 7.16. The summed E-state index contributed by atoms with van der Waals surface area (Å²) >= 11 is 3.97. The maximum atomic E-state index is 14.0. The SMILES string of the molecule is CCCCCOc1ccc(C2C(C(=O)c3sc(C)nc3C)=C(O)C(=O)N2c2nnc(SCc3ccc(C)cc3)s2)cc1OC. The van der Waals surface area contributed by atoms with Crippen LogP contribution in [0.2, 0.25) is 0 Å². The highest BCUT2D eigenvalue weighted by Gasteiger charge is 2.47. The minimum Gasteiger partial charge on any atom is -0.503 e. The molecule has 1 aliphatic heterocycles. The number of carbonyl (C=O) groups is 2. The Kier molecular flexibility index (Phi) is 10.0. The molecule has 1 unspecified atom stereocenters. The summed E-state index contributed by atoms with van der Waals surface area (Å²) in [7, 11) is 1.54. The minimum atomic E-state index is -0.970. The largest absolute Gasteiger partial charge is 0.503 e. The lowest BCUT2D eigenvalue weighted by molar-refractivity contribution is -0.117. The van der Waals surface area contributed by atoms with E-state index in [4.69, 9.17) is 9.47 Å². The van der Waals surface area contributed by atoms with Crippen LogP contribution in [0, 0.1) is 20.8 Å². The number of aliphatic hydroxyl groups is 1. The summed E-state index contributed by atoms with van der Waals surface area (Å²) in [5, 5.41) is 20.9. The van der Waals surface area contributed by atoms with Crippen molar-refractivity contribution in [1.29, 1.82) is 0 Å². The normalized spacial score (nSPS) is 14.9. The number of benzene rings is 2. The maximum Gasteiger partial charge on any atom is 0.296 e. The summed E-state index contributed by atoms with van der Waals surface area (Å²) in [6.07, 6.45) is 3.04. The molecule has 3 heterocycles. The summed E-state index contributed by atoms with van der Waals surface area (Å²) in [6, 6.07) is 12.6. The molecule has 1 N–H and O–H groups in total. The van der Waals surface area contributed by atoms with Gasteiger partial charge in [0.15, 0.2) is 21.6 Å². The Morgan fingerprint density at radius 2 is 1.82 bits per heavy atom. The molecule has 1 amide bonds. The molecule has 9 nitrogen and oxygen atoms in total. The van der Waals surface area contributed by atoms with E-state index in [9.17, 15) is 14.7 Å². The zero-order chi connectivity index (χ0) is 31.4. The van der Waals surface area contributed by atoms with Gasteiger partial charge in [-0.1, -0.05) is 78.8 Å². The molecule has 0 spiro atoms. The first-order valence-corrected chi connectivity index (χ1v) is 16.9. The molecule has 0 saturated carbocycles. The van der Waals surface area contributed by atoms with Crippen LogP contribution in [-0.2, 0) is 10.5 Å². The predicted molar refractivity (Wildman–Crippen MR) is 174 cm³/mol. The molecule has 5 rings (SSSR count). The monoisotopic (exact) mass is 650 g/mol. The first-order chi connectivity index (χ1) is 21.2. The summed E-state index contributed by atoms with van der Waals surface area (Å²) in [5.74, 6) is -0.0927. The fraction of sp³-hybridized carbons (Fsp3) is 0.344. The van der Waals surface area contributed by atoms with Crippen LogP contribution < -0.4 is 14.4 Å². The molecular formula is C32H34N4O5S3. The molecule has 0 bridgehead atoms. The van der Waals surface area contributed by atoms with E-state index in [2.05, 4.69) is 46.4 Å². The number of aromatic nitrogens is 3. The van der Waals surface area contributed by atoms with Crippen molar-refractivity contribution in [3.63, 3.8) is 0 Å². The molecule has 44 heavy (non-hydrogen) atoms. The van der Waals surface area contributed by atoms with Crippen molar-refractivity contribution >= 4 is 51.3 Å². The van der Waals surface area contributed by atoms with Crippen LogP contribution in [-0.4, -0.2) is 45.7 Å². The first kappa shape index (κ1) is 31.7. The highest BCUT2D eigenvalue weighted by molar-refractivity contribution is 8.00. The zero-order valence-corrected chi connectivity index (χ0v) is 27.7. The van der Waals surface area contributed by atoms with Crippen LogP contribution in [0.1, 0.15) is 69.3 Å². The number of thiazole rings is 1. The Morgan fingerprint density at radius 1 is 1.05 bits per heavy atom. The van der Waals surface area contributed by atoms with Gasteiger partial charge >= 0.3 is 0 Å². The van der Waals surface area contributed by atoms with E-state index in [1.807, 2.05) is 13.8 Å². The van der Waals surface area contributed by atoms with Crippen LogP contribution >= 0.6 is 34.4 Å². The van der Waals surface area contributed by atoms with Gasteiger partial charge in [0.1, 0.15) is 0 Å². The van der Waals surface area contributed by atoms with Crippen molar-refractivity contribution in [2.45, 2.75) is 63.1 Å². The number of ketones is 1. The molecule has 12 heteroatoms. The van der Waals surface area contributed by atoms with E-state index in [0.717, 1.165) is 24.8 Å². The number of nitrogens with zero attached hydrogens (tertiary/aromatic N) is 4. The Morgan fingerprint density at radius 3 is 2.50 bits per heavy atom. The fourth-order valence-corrected chi connectivity index (χ4v) is 7.61. The van der Waals surface area contributed by atoms with Crippen molar-refractivity contribution in [1.82, 2.24) is 15.2 Å². The Bertz CT molecular complexity index is 1700. The van der Waals surface area contributed by atoms with Gasteiger partial charge < -0.3 is 14.6 Å². The number of hydrogen-bond acceptors (Lipinski definition) is 11. The van der Waals surface area contributed by atoms with E-state index in [-0.39, 0.29) is 10.7 Å². The topological polar surface area (TPSA) is 115 Å². The lowest BCUT2D eigenvalue weighted by Crippen LogP contribution is -2.31. The standard InChI is InChI=1S/C32H34N4O5S3/c1-6-7-8-15-41-23-14-13-22(16-24(23)40-5)26-25(27(37)29-19(3)33-20(4)43-29)28(38)30(39)36(26)31-34-35-32(44-31)42-17-21-11-9-18(2)10-12-21/h9-14,16,26,38H,6-8,15,17H2,1-5H3. The number of unbranched alkanes of at least 4 members (excludes halogenated alkanes) is 2. The highest BCUT2D eigenvalue weighted by atomic mass is 32.2. The Hall–Kier alpha value is -3.74. The first-order valence-electron chi connectivity index (χ1n) is 14.3. The van der Waals surface area contributed by atoms with Gasteiger partial charge in [0.2, 0.25) is 10.9 Å². The summed E-state index contributed by atoms with van der Waals surface area (Å²) in [5.41, 5.74) is 3.39. The molecule has 230 valence electrons. The van der Waals surface area contributed by atoms with E-state index >= 15 is 0 Å². The van der Waals surface area contributed by atoms with Crippen molar-refractivity contribution in [2.75, 3.05) is 18.6 Å². The summed E-state index contributed by atoms with van der Waals surface area (Å²) in [4.78, 5) is 33.8.